The number of hydrogen-bond acceptors (Lipinski definition) is 5. The van der Waals surface area contributed by atoms with Crippen molar-refractivity contribution in [2.45, 2.75) is 51.1 Å². The number of esters is 1. The fraction of sp³-hybridized carbons (Fsp3) is 0.867. The van der Waals surface area contributed by atoms with Gasteiger partial charge in [0.25, 0.3) is 0 Å². The minimum atomic E-state index is -0.980. The van der Waals surface area contributed by atoms with Crippen LogP contribution in [0.3, 0.4) is 0 Å². The van der Waals surface area contributed by atoms with Gasteiger partial charge in [-0.05, 0) is 12.8 Å². The second kappa shape index (κ2) is 5.25. The molecule has 0 spiro atoms. The summed E-state index contributed by atoms with van der Waals surface area (Å²) in [7, 11) is 1.29. The fourth-order valence-electron chi connectivity index (χ4n) is 4.63. The highest BCUT2D eigenvalue weighted by atomic mass is 16.6. The molecular formula is C15H22O6. The average Bonchev–Trinajstić information content (AvgIpc) is 3.13. The maximum absolute atomic E-state index is 12.0. The summed E-state index contributed by atoms with van der Waals surface area (Å²) in [6.07, 6.45) is 0.903. The van der Waals surface area contributed by atoms with Gasteiger partial charge in [-0.25, -0.2) is 0 Å². The summed E-state index contributed by atoms with van der Waals surface area (Å²) in [4.78, 5) is 23.7. The summed E-state index contributed by atoms with van der Waals surface area (Å²) >= 11 is 0. The molecule has 0 aliphatic carbocycles. The molecule has 0 aromatic rings. The molecule has 8 unspecified atom stereocenters. The van der Waals surface area contributed by atoms with Crippen molar-refractivity contribution < 1.29 is 28.9 Å². The molecule has 3 rings (SSSR count). The van der Waals surface area contributed by atoms with Crippen LogP contribution >= 0.6 is 0 Å². The largest absolute Gasteiger partial charge is 0.481 e. The number of aliphatic carboxylic acids is 1. The van der Waals surface area contributed by atoms with E-state index >= 15 is 0 Å². The number of carbonyl (C=O) groups excluding carboxylic acids is 1. The Kier molecular flexibility index (Phi) is 3.69. The van der Waals surface area contributed by atoms with Crippen molar-refractivity contribution in [1.29, 1.82) is 0 Å². The van der Waals surface area contributed by atoms with Gasteiger partial charge in [0.15, 0.2) is 0 Å². The van der Waals surface area contributed by atoms with E-state index in [1.165, 1.54) is 7.11 Å². The first-order valence-electron chi connectivity index (χ1n) is 7.66. The van der Waals surface area contributed by atoms with Crippen LogP contribution in [0.15, 0.2) is 0 Å². The van der Waals surface area contributed by atoms with Crippen LogP contribution < -0.4 is 0 Å². The molecule has 3 heterocycles. The first kappa shape index (κ1) is 14.8. The van der Waals surface area contributed by atoms with E-state index in [9.17, 15) is 14.7 Å². The zero-order valence-corrected chi connectivity index (χ0v) is 12.5. The summed E-state index contributed by atoms with van der Waals surface area (Å²) < 4.78 is 16.8. The number of ether oxygens (including phenoxy) is 3. The predicted molar refractivity (Wildman–Crippen MR) is 71.5 cm³/mol. The lowest BCUT2D eigenvalue weighted by atomic mass is 9.65. The van der Waals surface area contributed by atoms with Crippen molar-refractivity contribution in [3.63, 3.8) is 0 Å². The van der Waals surface area contributed by atoms with Gasteiger partial charge in [0.2, 0.25) is 0 Å². The van der Waals surface area contributed by atoms with Gasteiger partial charge in [-0.2, -0.15) is 0 Å². The maximum atomic E-state index is 12.0. The number of rotatable bonds is 4. The molecule has 8 atom stereocenters. The lowest BCUT2D eigenvalue weighted by Crippen LogP contribution is -2.48. The monoisotopic (exact) mass is 298 g/mol. The Morgan fingerprint density at radius 2 is 1.52 bits per heavy atom. The number of carbonyl (C=O) groups is 2. The Labute approximate surface area is 123 Å². The van der Waals surface area contributed by atoms with Crippen LogP contribution in [-0.2, 0) is 23.8 Å². The van der Waals surface area contributed by atoms with Crippen LogP contribution in [0.5, 0.6) is 0 Å². The van der Waals surface area contributed by atoms with Gasteiger partial charge in [0.05, 0.1) is 43.4 Å². The highest BCUT2D eigenvalue weighted by Crippen LogP contribution is 2.57. The number of hydrogen-bond donors (Lipinski definition) is 1. The molecular weight excluding hydrogens is 276 g/mol. The van der Waals surface area contributed by atoms with Crippen molar-refractivity contribution in [2.75, 3.05) is 7.11 Å². The SMILES string of the molecule is CCC1OC(CC)C2C3OC(C(C(=O)O)C3C(=O)OC)C12. The summed E-state index contributed by atoms with van der Waals surface area (Å²) in [5.74, 6) is -2.82. The van der Waals surface area contributed by atoms with Gasteiger partial charge in [-0.3, -0.25) is 9.59 Å². The second-order valence-corrected chi connectivity index (χ2v) is 6.16. The quantitative estimate of drug-likeness (QED) is 0.782. The van der Waals surface area contributed by atoms with Gasteiger partial charge in [0, 0.05) is 11.8 Å². The van der Waals surface area contributed by atoms with E-state index in [1.54, 1.807) is 0 Å². The van der Waals surface area contributed by atoms with Crippen LogP contribution in [0.4, 0.5) is 0 Å². The summed E-state index contributed by atoms with van der Waals surface area (Å²) in [5, 5.41) is 9.52. The molecule has 21 heavy (non-hydrogen) atoms. The molecule has 0 aromatic heterocycles. The van der Waals surface area contributed by atoms with Gasteiger partial charge in [-0.1, -0.05) is 13.8 Å². The third kappa shape index (κ3) is 1.92. The normalized spacial score (nSPS) is 47.4. The Morgan fingerprint density at radius 3 is 1.95 bits per heavy atom. The van der Waals surface area contributed by atoms with Gasteiger partial charge in [-0.15, -0.1) is 0 Å². The van der Waals surface area contributed by atoms with Crippen LogP contribution in [0.25, 0.3) is 0 Å². The molecule has 3 aliphatic heterocycles. The third-order valence-electron chi connectivity index (χ3n) is 5.38. The molecule has 3 fully saturated rings. The van der Waals surface area contributed by atoms with Crippen LogP contribution in [0.1, 0.15) is 26.7 Å². The first-order chi connectivity index (χ1) is 10.0. The van der Waals surface area contributed by atoms with E-state index in [4.69, 9.17) is 14.2 Å². The summed E-state index contributed by atoms with van der Waals surface area (Å²) in [6.45, 7) is 4.09. The van der Waals surface area contributed by atoms with E-state index in [0.29, 0.717) is 0 Å². The van der Waals surface area contributed by atoms with Crippen molar-refractivity contribution in [3.05, 3.63) is 0 Å². The van der Waals surface area contributed by atoms with Gasteiger partial charge < -0.3 is 19.3 Å². The first-order valence-corrected chi connectivity index (χ1v) is 7.66. The molecule has 118 valence electrons. The zero-order valence-electron chi connectivity index (χ0n) is 12.5. The highest BCUT2D eigenvalue weighted by Gasteiger charge is 2.69. The number of fused-ring (bicyclic) bond motifs is 5. The lowest BCUT2D eigenvalue weighted by molar-refractivity contribution is -0.157. The van der Waals surface area contributed by atoms with E-state index in [2.05, 4.69) is 0 Å². The Morgan fingerprint density at radius 1 is 1.00 bits per heavy atom. The summed E-state index contributed by atoms with van der Waals surface area (Å²) in [6, 6.07) is 0. The van der Waals surface area contributed by atoms with Gasteiger partial charge in [0.1, 0.15) is 0 Å². The molecule has 3 saturated heterocycles. The molecule has 6 nitrogen and oxygen atoms in total. The Hall–Kier alpha value is -1.14. The van der Waals surface area contributed by atoms with E-state index in [0.717, 1.165) is 12.8 Å². The molecule has 0 radical (unpaired) electrons. The van der Waals surface area contributed by atoms with E-state index in [1.807, 2.05) is 13.8 Å². The number of methoxy groups -OCH3 is 1. The van der Waals surface area contributed by atoms with Crippen LogP contribution in [0.2, 0.25) is 0 Å². The molecule has 0 amide bonds. The zero-order chi connectivity index (χ0) is 15.3. The highest BCUT2D eigenvalue weighted by molar-refractivity contribution is 5.83. The predicted octanol–water partition coefficient (Wildman–Crippen LogP) is 1.08. The number of carboxylic acids is 1. The minimum absolute atomic E-state index is 0.0235. The molecule has 2 bridgehead atoms. The minimum Gasteiger partial charge on any atom is -0.481 e. The van der Waals surface area contributed by atoms with E-state index in [-0.39, 0.29) is 24.0 Å². The molecule has 1 N–H and O–H groups in total. The maximum Gasteiger partial charge on any atom is 0.312 e. The molecule has 3 aliphatic rings. The standard InChI is InChI=1S/C15H22O6/c1-4-6-8-9(7(5-2)20-6)13-11(15(18)19-3)10(14(16)17)12(8)21-13/h6-13H,4-5H2,1-3H3,(H,16,17). The van der Waals surface area contributed by atoms with Crippen molar-refractivity contribution >= 4 is 11.9 Å². The van der Waals surface area contributed by atoms with E-state index < -0.39 is 36.0 Å². The number of carboxylic acid groups (broad SMARTS) is 1. The second-order valence-electron chi connectivity index (χ2n) is 6.16. The molecule has 6 heteroatoms. The molecule has 0 saturated carbocycles. The van der Waals surface area contributed by atoms with Crippen molar-refractivity contribution in [2.24, 2.45) is 23.7 Å². The Bertz CT molecular complexity index is 449. The topological polar surface area (TPSA) is 82.1 Å². The third-order valence-corrected chi connectivity index (χ3v) is 5.38. The lowest BCUT2D eigenvalue weighted by Gasteiger charge is -2.32. The van der Waals surface area contributed by atoms with Crippen LogP contribution in [-0.4, -0.2) is 48.6 Å². The van der Waals surface area contributed by atoms with Gasteiger partial charge >= 0.3 is 11.9 Å². The average molecular weight is 298 g/mol. The fourth-order valence-corrected chi connectivity index (χ4v) is 4.63. The molecule has 0 aromatic carbocycles. The smallest absolute Gasteiger partial charge is 0.312 e. The van der Waals surface area contributed by atoms with Crippen molar-refractivity contribution in [3.8, 4) is 0 Å². The van der Waals surface area contributed by atoms with Crippen molar-refractivity contribution in [1.82, 2.24) is 0 Å². The van der Waals surface area contributed by atoms with Crippen LogP contribution in [0, 0.1) is 23.7 Å². The Balaban J connectivity index is 1.96. The summed E-state index contributed by atoms with van der Waals surface area (Å²) in [5.41, 5.74) is 0.